The number of rotatable bonds is 5. The highest BCUT2D eigenvalue weighted by Gasteiger charge is 2.14. The zero-order chi connectivity index (χ0) is 15.4. The second-order valence-electron chi connectivity index (χ2n) is 5.83. The number of hydrogen-bond donors (Lipinski definition) is 2. The first kappa shape index (κ1) is 16.5. The number of benzene rings is 1. The van der Waals surface area contributed by atoms with Crippen LogP contribution in [0.5, 0.6) is 0 Å². The van der Waals surface area contributed by atoms with Gasteiger partial charge in [-0.25, -0.2) is 8.42 Å². The van der Waals surface area contributed by atoms with Crippen LogP contribution in [0, 0.1) is 5.41 Å². The highest BCUT2D eigenvalue weighted by molar-refractivity contribution is 7.92. The van der Waals surface area contributed by atoms with Gasteiger partial charge < -0.3 is 5.32 Å². The smallest absolute Gasteiger partial charge is 0.251 e. The molecule has 6 heteroatoms. The maximum absolute atomic E-state index is 12.0. The van der Waals surface area contributed by atoms with Crippen molar-refractivity contribution >= 4 is 21.6 Å². The Morgan fingerprint density at radius 1 is 1.25 bits per heavy atom. The van der Waals surface area contributed by atoms with Crippen molar-refractivity contribution in [3.8, 4) is 0 Å². The lowest BCUT2D eigenvalue weighted by Gasteiger charge is -2.18. The highest BCUT2D eigenvalue weighted by atomic mass is 32.2. The number of carbonyl (C=O) groups excluding carboxylic acids is 1. The van der Waals surface area contributed by atoms with Gasteiger partial charge in [0.2, 0.25) is 10.0 Å². The van der Waals surface area contributed by atoms with E-state index < -0.39 is 10.0 Å². The van der Waals surface area contributed by atoms with E-state index in [1.165, 1.54) is 6.07 Å². The third kappa shape index (κ3) is 5.61. The normalized spacial score (nSPS) is 12.0. The van der Waals surface area contributed by atoms with Crippen molar-refractivity contribution in [2.75, 3.05) is 17.0 Å². The Kier molecular flexibility index (Phi) is 5.16. The lowest BCUT2D eigenvalue weighted by molar-refractivity contribution is 0.0939. The summed E-state index contributed by atoms with van der Waals surface area (Å²) in [4.78, 5) is 12.0. The molecule has 1 aromatic carbocycles. The summed E-state index contributed by atoms with van der Waals surface area (Å²) in [6, 6.07) is 6.46. The Labute approximate surface area is 120 Å². The van der Waals surface area contributed by atoms with E-state index >= 15 is 0 Å². The second kappa shape index (κ2) is 6.26. The van der Waals surface area contributed by atoms with Crippen LogP contribution in [-0.2, 0) is 10.0 Å². The first-order valence-corrected chi connectivity index (χ1v) is 8.17. The predicted molar refractivity (Wildman–Crippen MR) is 81.3 cm³/mol. The zero-order valence-electron chi connectivity index (χ0n) is 12.4. The molecular weight excluding hydrogens is 276 g/mol. The van der Waals surface area contributed by atoms with E-state index in [-0.39, 0.29) is 17.1 Å². The third-order valence-corrected chi connectivity index (χ3v) is 3.86. The fraction of sp³-hybridized carbons (Fsp3) is 0.500. The largest absolute Gasteiger partial charge is 0.352 e. The fourth-order valence-corrected chi connectivity index (χ4v) is 2.05. The number of anilines is 1. The van der Waals surface area contributed by atoms with E-state index in [0.717, 1.165) is 0 Å². The highest BCUT2D eigenvalue weighted by Crippen LogP contribution is 2.14. The molecule has 0 spiro atoms. The van der Waals surface area contributed by atoms with E-state index in [1.54, 1.807) is 25.1 Å². The van der Waals surface area contributed by atoms with Gasteiger partial charge in [-0.3, -0.25) is 9.52 Å². The van der Waals surface area contributed by atoms with Gasteiger partial charge in [-0.2, -0.15) is 0 Å². The maximum Gasteiger partial charge on any atom is 0.251 e. The van der Waals surface area contributed by atoms with Crippen LogP contribution >= 0.6 is 0 Å². The Bertz CT molecular complexity index is 574. The van der Waals surface area contributed by atoms with E-state index in [4.69, 9.17) is 0 Å². The standard InChI is InChI=1S/C14H22N2O3S/c1-5-20(18,19)16-12-8-6-7-11(9-12)13(17)15-10-14(2,3)4/h6-9,16H,5,10H2,1-4H3,(H,15,17). The summed E-state index contributed by atoms with van der Waals surface area (Å²) in [5.41, 5.74) is 0.831. The van der Waals surface area contributed by atoms with Crippen molar-refractivity contribution in [2.24, 2.45) is 5.41 Å². The van der Waals surface area contributed by atoms with E-state index in [2.05, 4.69) is 10.0 Å². The quantitative estimate of drug-likeness (QED) is 0.875. The molecule has 0 aliphatic heterocycles. The zero-order valence-corrected chi connectivity index (χ0v) is 13.2. The van der Waals surface area contributed by atoms with Gasteiger partial charge in [0.1, 0.15) is 0 Å². The molecule has 0 saturated heterocycles. The molecule has 0 aliphatic carbocycles. The molecule has 0 bridgehead atoms. The molecule has 2 N–H and O–H groups in total. The number of amides is 1. The van der Waals surface area contributed by atoms with Gasteiger partial charge in [-0.05, 0) is 30.5 Å². The Morgan fingerprint density at radius 3 is 2.45 bits per heavy atom. The van der Waals surface area contributed by atoms with Gasteiger partial charge in [0.25, 0.3) is 5.91 Å². The van der Waals surface area contributed by atoms with Crippen molar-refractivity contribution in [2.45, 2.75) is 27.7 Å². The Morgan fingerprint density at radius 2 is 1.90 bits per heavy atom. The minimum absolute atomic E-state index is 0.00291. The van der Waals surface area contributed by atoms with Crippen LogP contribution in [0.15, 0.2) is 24.3 Å². The first-order valence-electron chi connectivity index (χ1n) is 6.52. The molecule has 0 saturated carbocycles. The summed E-state index contributed by atoms with van der Waals surface area (Å²) >= 11 is 0. The molecule has 20 heavy (non-hydrogen) atoms. The number of nitrogens with one attached hydrogen (secondary N) is 2. The monoisotopic (exact) mass is 298 g/mol. The van der Waals surface area contributed by atoms with Crippen molar-refractivity contribution in [3.05, 3.63) is 29.8 Å². The third-order valence-electron chi connectivity index (χ3n) is 2.56. The van der Waals surface area contributed by atoms with Gasteiger partial charge >= 0.3 is 0 Å². The maximum atomic E-state index is 12.0. The molecule has 112 valence electrons. The molecule has 0 heterocycles. The average molecular weight is 298 g/mol. The molecule has 1 amide bonds. The molecule has 0 radical (unpaired) electrons. The molecule has 1 aromatic rings. The van der Waals surface area contributed by atoms with Crippen molar-refractivity contribution in [1.82, 2.24) is 5.32 Å². The molecule has 5 nitrogen and oxygen atoms in total. The molecule has 1 rings (SSSR count). The van der Waals surface area contributed by atoms with Gasteiger partial charge in [0.05, 0.1) is 5.75 Å². The van der Waals surface area contributed by atoms with Gasteiger partial charge in [0.15, 0.2) is 0 Å². The van der Waals surface area contributed by atoms with E-state index in [9.17, 15) is 13.2 Å². The number of sulfonamides is 1. The van der Waals surface area contributed by atoms with Crippen LogP contribution in [0.25, 0.3) is 0 Å². The van der Waals surface area contributed by atoms with Gasteiger partial charge in [-0.1, -0.05) is 26.8 Å². The topological polar surface area (TPSA) is 75.3 Å². The fourth-order valence-electron chi connectivity index (χ4n) is 1.42. The summed E-state index contributed by atoms with van der Waals surface area (Å²) in [6.45, 7) is 8.19. The van der Waals surface area contributed by atoms with Gasteiger partial charge in [-0.15, -0.1) is 0 Å². The second-order valence-corrected chi connectivity index (χ2v) is 7.84. The van der Waals surface area contributed by atoms with Crippen molar-refractivity contribution < 1.29 is 13.2 Å². The average Bonchev–Trinajstić information content (AvgIpc) is 2.35. The lowest BCUT2D eigenvalue weighted by Crippen LogP contribution is -2.32. The molecule has 0 aliphatic rings. The molecule has 0 fully saturated rings. The van der Waals surface area contributed by atoms with Crippen LogP contribution < -0.4 is 10.0 Å². The summed E-state index contributed by atoms with van der Waals surface area (Å²) in [5, 5.41) is 2.83. The summed E-state index contributed by atoms with van der Waals surface area (Å²) in [7, 11) is -3.33. The van der Waals surface area contributed by atoms with Gasteiger partial charge in [0, 0.05) is 17.8 Å². The van der Waals surface area contributed by atoms with Crippen molar-refractivity contribution in [3.63, 3.8) is 0 Å². The van der Waals surface area contributed by atoms with Crippen LogP contribution in [0.2, 0.25) is 0 Å². The van der Waals surface area contributed by atoms with E-state index in [1.807, 2.05) is 20.8 Å². The van der Waals surface area contributed by atoms with Crippen LogP contribution in [0.4, 0.5) is 5.69 Å². The first-order chi connectivity index (χ1) is 9.13. The van der Waals surface area contributed by atoms with Crippen LogP contribution in [0.1, 0.15) is 38.1 Å². The summed E-state index contributed by atoms with van der Waals surface area (Å²) < 4.78 is 25.4. The summed E-state index contributed by atoms with van der Waals surface area (Å²) in [6.07, 6.45) is 0. The van der Waals surface area contributed by atoms with Crippen molar-refractivity contribution in [1.29, 1.82) is 0 Å². The Balaban J connectivity index is 2.80. The summed E-state index contributed by atoms with van der Waals surface area (Å²) in [5.74, 6) is -0.217. The molecular formula is C14H22N2O3S. The van der Waals surface area contributed by atoms with Crippen LogP contribution in [-0.4, -0.2) is 26.6 Å². The number of hydrogen-bond acceptors (Lipinski definition) is 3. The molecule has 0 unspecified atom stereocenters. The molecule has 0 aromatic heterocycles. The minimum Gasteiger partial charge on any atom is -0.352 e. The molecule has 0 atom stereocenters. The SMILES string of the molecule is CCS(=O)(=O)Nc1cccc(C(=O)NCC(C)(C)C)c1. The van der Waals surface area contributed by atoms with E-state index in [0.29, 0.717) is 17.8 Å². The predicted octanol–water partition coefficient (Wildman–Crippen LogP) is 2.22. The van der Waals surface area contributed by atoms with Crippen LogP contribution in [0.3, 0.4) is 0 Å². The number of carbonyl (C=O) groups is 1. The Hall–Kier alpha value is -1.56. The lowest BCUT2D eigenvalue weighted by atomic mass is 9.97. The minimum atomic E-state index is -3.33.